The lowest BCUT2D eigenvalue weighted by Crippen LogP contribution is -2.21. The van der Waals surface area contributed by atoms with Gasteiger partial charge < -0.3 is 4.85 Å². The number of hydrogen-bond acceptors (Lipinski definition) is 0. The highest BCUT2D eigenvalue weighted by Crippen LogP contribution is 2.40. The van der Waals surface area contributed by atoms with Crippen LogP contribution in [-0.2, 0) is 11.7 Å². The Kier molecular flexibility index (Phi) is 3.84. The molecule has 4 heteroatoms. The molecule has 1 aromatic rings. The number of benzene rings is 1. The molecule has 1 aliphatic carbocycles. The van der Waals surface area contributed by atoms with Crippen molar-refractivity contribution in [2.45, 2.75) is 50.2 Å². The van der Waals surface area contributed by atoms with Crippen LogP contribution in [0.2, 0.25) is 0 Å². The molecule has 0 N–H and O–H groups in total. The predicted octanol–water partition coefficient (Wildman–Crippen LogP) is 5.17. The zero-order chi connectivity index (χ0) is 13.9. The molecule has 1 fully saturated rings. The number of nitrogens with zero attached hydrogens (tertiary/aromatic N) is 1. The van der Waals surface area contributed by atoms with Crippen LogP contribution in [-0.4, -0.2) is 0 Å². The van der Waals surface area contributed by atoms with Crippen LogP contribution in [0.1, 0.15) is 49.7 Å². The third-order valence-electron chi connectivity index (χ3n) is 3.89. The topological polar surface area (TPSA) is 4.36 Å². The molecule has 1 aromatic carbocycles. The molecule has 2 rings (SSSR count). The van der Waals surface area contributed by atoms with Crippen LogP contribution in [0, 0.1) is 6.57 Å². The van der Waals surface area contributed by atoms with Crippen LogP contribution in [0.4, 0.5) is 13.2 Å². The molecule has 0 saturated heterocycles. The van der Waals surface area contributed by atoms with Gasteiger partial charge in [0.1, 0.15) is 0 Å². The molecule has 0 radical (unpaired) electrons. The molecular weight excluding hydrogens is 251 g/mol. The van der Waals surface area contributed by atoms with Gasteiger partial charge >= 0.3 is 6.18 Å². The highest BCUT2D eigenvalue weighted by molar-refractivity contribution is 5.32. The van der Waals surface area contributed by atoms with Crippen molar-refractivity contribution in [1.82, 2.24) is 0 Å². The second kappa shape index (κ2) is 5.24. The second-order valence-electron chi connectivity index (χ2n) is 5.13. The lowest BCUT2D eigenvalue weighted by atomic mass is 9.83. The monoisotopic (exact) mass is 267 g/mol. The standard InChI is InChI=1S/C15H16F3N/c1-19-14(10-4-2-3-5-11-14)12-6-8-13(9-7-12)15(16,17)18/h6-9H,2-5,10-11H2. The Morgan fingerprint density at radius 3 is 1.89 bits per heavy atom. The Balaban J connectivity index is 2.31. The highest BCUT2D eigenvalue weighted by atomic mass is 19.4. The summed E-state index contributed by atoms with van der Waals surface area (Å²) in [6, 6.07) is 5.14. The summed E-state index contributed by atoms with van der Waals surface area (Å²) in [7, 11) is 0. The van der Waals surface area contributed by atoms with Gasteiger partial charge in [0.25, 0.3) is 5.54 Å². The SMILES string of the molecule is [C-]#[N+]C1(c2ccc(C(F)(F)F)cc2)CCCCCC1. The summed E-state index contributed by atoms with van der Waals surface area (Å²) >= 11 is 0. The summed E-state index contributed by atoms with van der Waals surface area (Å²) in [6.07, 6.45) is 1.36. The van der Waals surface area contributed by atoms with Gasteiger partial charge in [-0.3, -0.25) is 0 Å². The largest absolute Gasteiger partial charge is 0.416 e. The molecule has 102 valence electrons. The van der Waals surface area contributed by atoms with E-state index in [1.807, 2.05) is 0 Å². The van der Waals surface area contributed by atoms with E-state index in [0.29, 0.717) is 0 Å². The fraction of sp³-hybridized carbons (Fsp3) is 0.533. The third-order valence-corrected chi connectivity index (χ3v) is 3.89. The van der Waals surface area contributed by atoms with Crippen molar-refractivity contribution >= 4 is 0 Å². The smallest absolute Gasteiger partial charge is 0.305 e. The van der Waals surface area contributed by atoms with Crippen LogP contribution >= 0.6 is 0 Å². The van der Waals surface area contributed by atoms with E-state index >= 15 is 0 Å². The van der Waals surface area contributed by atoms with Gasteiger partial charge in [-0.2, -0.15) is 13.2 Å². The predicted molar refractivity (Wildman–Crippen MR) is 67.4 cm³/mol. The first kappa shape index (κ1) is 13.9. The molecule has 19 heavy (non-hydrogen) atoms. The molecule has 0 atom stereocenters. The number of halogens is 3. The van der Waals surface area contributed by atoms with Crippen LogP contribution in [0.15, 0.2) is 24.3 Å². The zero-order valence-electron chi connectivity index (χ0n) is 10.6. The number of alkyl halides is 3. The third kappa shape index (κ3) is 2.91. The zero-order valence-corrected chi connectivity index (χ0v) is 10.6. The van der Waals surface area contributed by atoms with Crippen LogP contribution < -0.4 is 0 Å². The van der Waals surface area contributed by atoms with Gasteiger partial charge in [-0.15, -0.1) is 0 Å². The summed E-state index contributed by atoms with van der Waals surface area (Å²) in [5, 5.41) is 0. The van der Waals surface area contributed by atoms with Crippen molar-refractivity contribution in [3.8, 4) is 0 Å². The summed E-state index contributed by atoms with van der Waals surface area (Å²) in [6.45, 7) is 7.46. The minimum absolute atomic E-state index is 0.610. The van der Waals surface area contributed by atoms with Crippen molar-refractivity contribution in [1.29, 1.82) is 0 Å². The number of rotatable bonds is 1. The molecule has 0 heterocycles. The summed E-state index contributed by atoms with van der Waals surface area (Å²) in [5.74, 6) is 0. The summed E-state index contributed by atoms with van der Waals surface area (Å²) in [4.78, 5) is 3.77. The van der Waals surface area contributed by atoms with Crippen molar-refractivity contribution in [3.05, 3.63) is 46.8 Å². The van der Waals surface area contributed by atoms with Crippen LogP contribution in [0.25, 0.3) is 4.85 Å². The van der Waals surface area contributed by atoms with Gasteiger partial charge in [0.15, 0.2) is 0 Å². The minimum Gasteiger partial charge on any atom is -0.305 e. The molecular formula is C15H16F3N. The lowest BCUT2D eigenvalue weighted by molar-refractivity contribution is -0.137. The molecule has 1 saturated carbocycles. The van der Waals surface area contributed by atoms with Crippen molar-refractivity contribution in [2.75, 3.05) is 0 Å². The van der Waals surface area contributed by atoms with Gasteiger partial charge in [-0.1, -0.05) is 25.0 Å². The highest BCUT2D eigenvalue weighted by Gasteiger charge is 2.39. The van der Waals surface area contributed by atoms with E-state index < -0.39 is 17.3 Å². The first-order chi connectivity index (χ1) is 8.98. The first-order valence-corrected chi connectivity index (χ1v) is 6.54. The normalized spacial score (nSPS) is 19.5. The van der Waals surface area contributed by atoms with Gasteiger partial charge in [0, 0.05) is 18.4 Å². The lowest BCUT2D eigenvalue weighted by Gasteiger charge is -2.21. The molecule has 0 unspecified atom stereocenters. The molecule has 0 amide bonds. The van der Waals surface area contributed by atoms with Crippen LogP contribution in [0.5, 0.6) is 0 Å². The van der Waals surface area contributed by atoms with Gasteiger partial charge in [0.05, 0.1) is 5.56 Å². The molecule has 0 aromatic heterocycles. The Bertz CT molecular complexity index is 460. The van der Waals surface area contributed by atoms with Gasteiger partial charge in [-0.05, 0) is 25.0 Å². The summed E-state index contributed by atoms with van der Waals surface area (Å²) < 4.78 is 37.6. The van der Waals surface area contributed by atoms with Crippen molar-refractivity contribution in [2.24, 2.45) is 0 Å². The Morgan fingerprint density at radius 2 is 1.47 bits per heavy atom. The van der Waals surface area contributed by atoms with Crippen LogP contribution in [0.3, 0.4) is 0 Å². The minimum atomic E-state index is -4.31. The van der Waals surface area contributed by atoms with Gasteiger partial charge in [-0.25, -0.2) is 6.57 Å². The first-order valence-electron chi connectivity index (χ1n) is 6.54. The van der Waals surface area contributed by atoms with E-state index in [1.54, 1.807) is 0 Å². The van der Waals surface area contributed by atoms with E-state index in [1.165, 1.54) is 12.1 Å². The molecule has 0 spiro atoms. The maximum Gasteiger partial charge on any atom is 0.416 e. The van der Waals surface area contributed by atoms with E-state index in [4.69, 9.17) is 6.57 Å². The Morgan fingerprint density at radius 1 is 0.947 bits per heavy atom. The molecule has 1 aliphatic rings. The maximum atomic E-state index is 12.5. The fourth-order valence-corrected chi connectivity index (χ4v) is 2.75. The van der Waals surface area contributed by atoms with Gasteiger partial charge in [0.2, 0.25) is 0 Å². The van der Waals surface area contributed by atoms with E-state index in [9.17, 15) is 13.2 Å². The van der Waals surface area contributed by atoms with E-state index in [0.717, 1.165) is 56.2 Å². The Hall–Kier alpha value is -1.50. The Labute approximate surface area is 111 Å². The quantitative estimate of drug-likeness (QED) is 0.488. The molecule has 1 nitrogen and oxygen atoms in total. The van der Waals surface area contributed by atoms with Crippen molar-refractivity contribution < 1.29 is 13.2 Å². The number of hydrogen-bond donors (Lipinski definition) is 0. The fourth-order valence-electron chi connectivity index (χ4n) is 2.75. The van der Waals surface area contributed by atoms with E-state index in [-0.39, 0.29) is 0 Å². The summed E-state index contributed by atoms with van der Waals surface area (Å²) in [5.41, 5.74) is -0.525. The second-order valence-corrected chi connectivity index (χ2v) is 5.13. The molecule has 0 aliphatic heterocycles. The average molecular weight is 267 g/mol. The average Bonchev–Trinajstić information content (AvgIpc) is 2.64. The van der Waals surface area contributed by atoms with Crippen molar-refractivity contribution in [3.63, 3.8) is 0 Å². The van der Waals surface area contributed by atoms with E-state index in [2.05, 4.69) is 4.85 Å². The maximum absolute atomic E-state index is 12.5. The molecule has 0 bridgehead atoms.